The van der Waals surface area contributed by atoms with Crippen LogP contribution in [0.3, 0.4) is 0 Å². The number of hydrogen-bond donors (Lipinski definition) is 0. The number of benzene rings is 1. The first-order valence-corrected chi connectivity index (χ1v) is 4.87. The molecular formula is C10H5F3NS. The van der Waals surface area contributed by atoms with Gasteiger partial charge in [0.25, 0.3) is 6.43 Å². The fraction of sp³-hybridized carbons (Fsp3) is 0.100. The Morgan fingerprint density at radius 1 is 1.20 bits per heavy atom. The SMILES string of the molecule is Fc1ccc(-c2[c]c(C(F)F)sn2)cc1. The molecule has 0 unspecified atom stereocenters. The third-order valence-corrected chi connectivity index (χ3v) is 2.54. The first-order valence-electron chi connectivity index (χ1n) is 4.10. The Morgan fingerprint density at radius 2 is 1.87 bits per heavy atom. The van der Waals surface area contributed by atoms with Crippen molar-refractivity contribution in [3.8, 4) is 11.3 Å². The average Bonchev–Trinajstić information content (AvgIpc) is 2.68. The zero-order chi connectivity index (χ0) is 10.8. The van der Waals surface area contributed by atoms with E-state index in [2.05, 4.69) is 10.4 Å². The predicted molar refractivity (Wildman–Crippen MR) is 51.3 cm³/mol. The van der Waals surface area contributed by atoms with Crippen LogP contribution in [0.25, 0.3) is 11.3 Å². The fourth-order valence-electron chi connectivity index (χ4n) is 1.08. The van der Waals surface area contributed by atoms with Crippen molar-refractivity contribution >= 4 is 11.5 Å². The molecule has 1 heterocycles. The van der Waals surface area contributed by atoms with E-state index >= 15 is 0 Å². The van der Waals surface area contributed by atoms with Crippen LogP contribution in [0.5, 0.6) is 0 Å². The van der Waals surface area contributed by atoms with Crippen molar-refractivity contribution in [2.45, 2.75) is 6.43 Å². The average molecular weight is 228 g/mol. The van der Waals surface area contributed by atoms with Crippen molar-refractivity contribution < 1.29 is 13.2 Å². The Hall–Kier alpha value is -1.36. The quantitative estimate of drug-likeness (QED) is 0.763. The van der Waals surface area contributed by atoms with E-state index in [1.165, 1.54) is 24.3 Å². The summed E-state index contributed by atoms with van der Waals surface area (Å²) in [7, 11) is 0. The van der Waals surface area contributed by atoms with Gasteiger partial charge in [-0.2, -0.15) is 4.37 Å². The molecule has 2 rings (SSSR count). The summed E-state index contributed by atoms with van der Waals surface area (Å²) in [6, 6.07) is 7.96. The second-order valence-electron chi connectivity index (χ2n) is 2.83. The first kappa shape index (κ1) is 10.2. The van der Waals surface area contributed by atoms with E-state index in [0.29, 0.717) is 22.8 Å². The summed E-state index contributed by atoms with van der Waals surface area (Å²) in [6.45, 7) is 0. The highest BCUT2D eigenvalue weighted by Crippen LogP contribution is 2.27. The molecule has 5 heteroatoms. The highest BCUT2D eigenvalue weighted by atomic mass is 32.1. The van der Waals surface area contributed by atoms with Gasteiger partial charge in [0, 0.05) is 11.6 Å². The second-order valence-corrected chi connectivity index (χ2v) is 3.63. The number of halogens is 3. The maximum Gasteiger partial charge on any atom is 0.275 e. The van der Waals surface area contributed by atoms with E-state index in [-0.39, 0.29) is 10.7 Å². The first-order chi connectivity index (χ1) is 7.16. The minimum absolute atomic E-state index is 0.200. The lowest BCUT2D eigenvalue weighted by molar-refractivity contribution is 0.155. The van der Waals surface area contributed by atoms with E-state index < -0.39 is 6.43 Å². The molecule has 0 atom stereocenters. The summed E-state index contributed by atoms with van der Waals surface area (Å²) in [5, 5.41) is 0. The van der Waals surface area contributed by atoms with Crippen LogP contribution >= 0.6 is 11.5 Å². The number of alkyl halides is 2. The van der Waals surface area contributed by atoms with Gasteiger partial charge in [-0.05, 0) is 35.8 Å². The molecule has 15 heavy (non-hydrogen) atoms. The molecule has 2 aromatic rings. The lowest BCUT2D eigenvalue weighted by atomic mass is 10.1. The van der Waals surface area contributed by atoms with Crippen molar-refractivity contribution in [1.29, 1.82) is 0 Å². The standard InChI is InChI=1S/C10H5F3NS/c11-7-3-1-6(2-4-7)8-5-9(10(12)13)15-14-8/h1-4,10H. The van der Waals surface area contributed by atoms with Gasteiger partial charge in [-0.15, -0.1) is 0 Å². The predicted octanol–water partition coefficient (Wildman–Crippen LogP) is 3.69. The lowest BCUT2D eigenvalue weighted by Crippen LogP contribution is -1.79. The summed E-state index contributed by atoms with van der Waals surface area (Å²) in [5.41, 5.74) is 0.912. The third-order valence-electron chi connectivity index (χ3n) is 1.79. The Kier molecular flexibility index (Phi) is 2.73. The molecule has 1 nitrogen and oxygen atoms in total. The Labute approximate surface area is 88.4 Å². The van der Waals surface area contributed by atoms with E-state index in [9.17, 15) is 13.2 Å². The molecule has 0 N–H and O–H groups in total. The van der Waals surface area contributed by atoms with Gasteiger partial charge in [0.1, 0.15) is 5.82 Å². The summed E-state index contributed by atoms with van der Waals surface area (Å²) in [5.74, 6) is -0.372. The summed E-state index contributed by atoms with van der Waals surface area (Å²) in [4.78, 5) is -0.200. The maximum atomic E-state index is 12.6. The molecule has 1 aromatic carbocycles. The summed E-state index contributed by atoms with van der Waals surface area (Å²) in [6.07, 6.45) is -2.56. The number of aromatic nitrogens is 1. The minimum atomic E-state index is -2.56. The van der Waals surface area contributed by atoms with Crippen molar-refractivity contribution in [2.24, 2.45) is 0 Å². The van der Waals surface area contributed by atoms with Crippen LogP contribution in [0, 0.1) is 11.9 Å². The molecule has 77 valence electrons. The number of rotatable bonds is 2. The van der Waals surface area contributed by atoms with E-state index in [0.717, 1.165) is 0 Å². The molecule has 0 amide bonds. The van der Waals surface area contributed by atoms with Crippen LogP contribution in [-0.2, 0) is 0 Å². The molecule has 1 aromatic heterocycles. The fourth-order valence-corrected chi connectivity index (χ4v) is 1.65. The Morgan fingerprint density at radius 3 is 2.40 bits per heavy atom. The van der Waals surface area contributed by atoms with Crippen LogP contribution in [0.15, 0.2) is 24.3 Å². The molecule has 0 saturated carbocycles. The molecule has 0 saturated heterocycles. The normalized spacial score (nSPS) is 10.9. The van der Waals surface area contributed by atoms with Gasteiger partial charge >= 0.3 is 0 Å². The second kappa shape index (κ2) is 4.02. The van der Waals surface area contributed by atoms with Crippen molar-refractivity contribution in [2.75, 3.05) is 0 Å². The Balaban J connectivity index is 2.33. The molecule has 1 radical (unpaired) electrons. The van der Waals surface area contributed by atoms with Crippen molar-refractivity contribution in [1.82, 2.24) is 4.37 Å². The smallest absolute Gasteiger partial charge is 0.207 e. The summed E-state index contributed by atoms with van der Waals surface area (Å²) >= 11 is 0.707. The zero-order valence-corrected chi connectivity index (χ0v) is 8.19. The monoisotopic (exact) mass is 228 g/mol. The zero-order valence-electron chi connectivity index (χ0n) is 7.38. The van der Waals surface area contributed by atoms with Gasteiger partial charge in [-0.1, -0.05) is 0 Å². The molecule has 0 aliphatic carbocycles. The van der Waals surface area contributed by atoms with Crippen molar-refractivity contribution in [3.05, 3.63) is 41.0 Å². The summed E-state index contributed by atoms with van der Waals surface area (Å²) < 4.78 is 40.9. The number of nitrogens with zero attached hydrogens (tertiary/aromatic N) is 1. The molecular weight excluding hydrogens is 223 g/mol. The van der Waals surface area contributed by atoms with Gasteiger partial charge in [0.05, 0.1) is 10.6 Å². The van der Waals surface area contributed by atoms with Crippen LogP contribution in [0.2, 0.25) is 0 Å². The maximum absolute atomic E-state index is 12.6. The Bertz CT molecular complexity index is 450. The van der Waals surface area contributed by atoms with Gasteiger partial charge in [-0.3, -0.25) is 0 Å². The highest BCUT2D eigenvalue weighted by Gasteiger charge is 2.13. The van der Waals surface area contributed by atoms with Crippen LogP contribution in [-0.4, -0.2) is 4.37 Å². The van der Waals surface area contributed by atoms with Gasteiger partial charge in [0.15, 0.2) is 0 Å². The molecule has 0 bridgehead atoms. The van der Waals surface area contributed by atoms with Crippen LogP contribution in [0.1, 0.15) is 11.3 Å². The topological polar surface area (TPSA) is 12.9 Å². The molecule has 0 fully saturated rings. The van der Waals surface area contributed by atoms with Crippen LogP contribution < -0.4 is 0 Å². The largest absolute Gasteiger partial charge is 0.275 e. The van der Waals surface area contributed by atoms with Gasteiger partial charge in [0.2, 0.25) is 0 Å². The van der Waals surface area contributed by atoms with Gasteiger partial charge < -0.3 is 0 Å². The van der Waals surface area contributed by atoms with Crippen molar-refractivity contribution in [3.63, 3.8) is 0 Å². The molecule has 0 aliphatic heterocycles. The van der Waals surface area contributed by atoms with Crippen LogP contribution in [0.4, 0.5) is 13.2 Å². The van der Waals surface area contributed by atoms with E-state index in [1.54, 1.807) is 0 Å². The van der Waals surface area contributed by atoms with E-state index in [4.69, 9.17) is 0 Å². The lowest BCUT2D eigenvalue weighted by Gasteiger charge is -1.94. The highest BCUT2D eigenvalue weighted by molar-refractivity contribution is 7.06. The molecule has 0 aliphatic rings. The minimum Gasteiger partial charge on any atom is -0.207 e. The third kappa shape index (κ3) is 2.18. The number of hydrogen-bond acceptors (Lipinski definition) is 2. The van der Waals surface area contributed by atoms with Gasteiger partial charge in [-0.25, -0.2) is 13.2 Å². The molecule has 0 spiro atoms. The van der Waals surface area contributed by atoms with E-state index in [1.807, 2.05) is 0 Å².